The van der Waals surface area contributed by atoms with E-state index in [1.165, 1.54) is 24.3 Å². The van der Waals surface area contributed by atoms with E-state index in [0.29, 0.717) is 5.75 Å². The standard InChI is InChI=1S/C12H14N2O6S/c1-11(16)12(17,21-7-6-20-11)10(15)13-8-4-2-3-5-9(8)14(18)19/h2-5,16-17H,6-7H2,1H3,(H,13,15)/t11-,12+/m1/s1. The van der Waals surface area contributed by atoms with Gasteiger partial charge in [0, 0.05) is 11.8 Å². The topological polar surface area (TPSA) is 122 Å². The monoisotopic (exact) mass is 314 g/mol. The molecular weight excluding hydrogens is 300 g/mol. The molecule has 1 aromatic rings. The molecule has 1 aromatic carbocycles. The lowest BCUT2D eigenvalue weighted by Crippen LogP contribution is -2.61. The summed E-state index contributed by atoms with van der Waals surface area (Å²) in [5, 5.41) is 33.6. The molecule has 2 rings (SSSR count). The third kappa shape index (κ3) is 2.86. The Kier molecular flexibility index (Phi) is 4.19. The molecule has 3 N–H and O–H groups in total. The maximum absolute atomic E-state index is 12.2. The average molecular weight is 314 g/mol. The maximum Gasteiger partial charge on any atom is 0.292 e. The highest BCUT2D eigenvalue weighted by Gasteiger charge is 2.56. The first-order valence-electron chi connectivity index (χ1n) is 6.05. The fourth-order valence-corrected chi connectivity index (χ4v) is 2.85. The smallest absolute Gasteiger partial charge is 0.292 e. The van der Waals surface area contributed by atoms with Gasteiger partial charge in [-0.2, -0.15) is 0 Å². The van der Waals surface area contributed by atoms with Crippen molar-refractivity contribution in [3.05, 3.63) is 34.4 Å². The number of carbonyl (C=O) groups is 1. The molecule has 0 saturated carbocycles. The summed E-state index contributed by atoms with van der Waals surface area (Å²) in [5.74, 6) is -2.77. The molecule has 0 unspecified atom stereocenters. The molecule has 1 amide bonds. The molecule has 1 heterocycles. The number of benzene rings is 1. The first kappa shape index (κ1) is 15.7. The van der Waals surface area contributed by atoms with E-state index < -0.39 is 21.6 Å². The zero-order valence-electron chi connectivity index (χ0n) is 11.1. The maximum atomic E-state index is 12.2. The van der Waals surface area contributed by atoms with Crippen molar-refractivity contribution in [1.82, 2.24) is 0 Å². The number of anilines is 1. The minimum absolute atomic E-state index is 0.0668. The summed E-state index contributed by atoms with van der Waals surface area (Å²) in [6, 6.07) is 5.53. The Morgan fingerprint density at radius 2 is 2.14 bits per heavy atom. The van der Waals surface area contributed by atoms with Crippen molar-refractivity contribution in [2.24, 2.45) is 0 Å². The van der Waals surface area contributed by atoms with Gasteiger partial charge in [0.2, 0.25) is 10.7 Å². The van der Waals surface area contributed by atoms with E-state index in [9.17, 15) is 25.1 Å². The van der Waals surface area contributed by atoms with E-state index in [2.05, 4.69) is 5.32 Å². The Bertz CT molecular complexity index is 579. The SMILES string of the molecule is C[C@@]1(O)OCCS[C@@]1(O)C(=O)Nc1ccccc1[N+](=O)[O-]. The number of amides is 1. The van der Waals surface area contributed by atoms with Crippen molar-refractivity contribution in [1.29, 1.82) is 0 Å². The number of carbonyl (C=O) groups excluding carboxylic acids is 1. The second kappa shape index (κ2) is 5.60. The molecule has 0 radical (unpaired) electrons. The Balaban J connectivity index is 2.28. The van der Waals surface area contributed by atoms with Crippen molar-refractivity contribution >= 4 is 29.0 Å². The quantitative estimate of drug-likeness (QED) is 0.554. The third-order valence-corrected chi connectivity index (χ3v) is 4.42. The molecule has 9 heteroatoms. The van der Waals surface area contributed by atoms with Gasteiger partial charge in [-0.15, -0.1) is 11.8 Å². The molecule has 21 heavy (non-hydrogen) atoms. The van der Waals surface area contributed by atoms with Crippen molar-refractivity contribution in [2.75, 3.05) is 17.7 Å². The van der Waals surface area contributed by atoms with Gasteiger partial charge in [-0.1, -0.05) is 12.1 Å². The molecule has 1 saturated heterocycles. The van der Waals surface area contributed by atoms with Crippen LogP contribution in [0.25, 0.3) is 0 Å². The zero-order valence-corrected chi connectivity index (χ0v) is 11.9. The zero-order chi connectivity index (χ0) is 15.7. The highest BCUT2D eigenvalue weighted by Crippen LogP contribution is 2.39. The molecule has 1 aliphatic heterocycles. The number of aliphatic hydroxyl groups is 2. The van der Waals surface area contributed by atoms with Crippen LogP contribution in [0.3, 0.4) is 0 Å². The molecule has 0 bridgehead atoms. The van der Waals surface area contributed by atoms with Gasteiger partial charge in [-0.3, -0.25) is 14.9 Å². The van der Waals surface area contributed by atoms with Crippen LogP contribution >= 0.6 is 11.8 Å². The van der Waals surface area contributed by atoms with E-state index in [4.69, 9.17) is 4.74 Å². The number of hydrogen-bond acceptors (Lipinski definition) is 7. The fraction of sp³-hybridized carbons (Fsp3) is 0.417. The number of hydrogen-bond donors (Lipinski definition) is 3. The van der Waals surface area contributed by atoms with Gasteiger partial charge in [0.15, 0.2) is 0 Å². The molecule has 0 aliphatic carbocycles. The lowest BCUT2D eigenvalue weighted by Gasteiger charge is -2.41. The number of nitrogens with zero attached hydrogens (tertiary/aromatic N) is 1. The largest absolute Gasteiger partial charge is 0.367 e. The summed E-state index contributed by atoms with van der Waals surface area (Å²) >= 11 is 0.813. The Morgan fingerprint density at radius 3 is 2.76 bits per heavy atom. The highest BCUT2D eigenvalue weighted by atomic mass is 32.2. The van der Waals surface area contributed by atoms with Crippen LogP contribution in [0.15, 0.2) is 24.3 Å². The molecule has 114 valence electrons. The van der Waals surface area contributed by atoms with Crippen molar-refractivity contribution in [3.63, 3.8) is 0 Å². The Labute approximate surface area is 124 Å². The van der Waals surface area contributed by atoms with Gasteiger partial charge in [0.05, 0.1) is 11.5 Å². The number of nitro groups is 1. The first-order chi connectivity index (χ1) is 9.78. The molecule has 1 aliphatic rings. The minimum atomic E-state index is -2.26. The Morgan fingerprint density at radius 1 is 1.48 bits per heavy atom. The molecule has 1 fully saturated rings. The van der Waals surface area contributed by atoms with E-state index in [1.807, 2.05) is 0 Å². The van der Waals surface area contributed by atoms with Crippen LogP contribution in [0.2, 0.25) is 0 Å². The van der Waals surface area contributed by atoms with Crippen LogP contribution in [-0.4, -0.2) is 44.1 Å². The molecule has 0 spiro atoms. The lowest BCUT2D eigenvalue weighted by molar-refractivity contribution is -0.383. The van der Waals surface area contributed by atoms with E-state index in [1.54, 1.807) is 0 Å². The number of thioether (sulfide) groups is 1. The summed E-state index contributed by atoms with van der Waals surface area (Å²) in [6.07, 6.45) is 0. The van der Waals surface area contributed by atoms with Crippen molar-refractivity contribution < 1.29 is 24.7 Å². The van der Waals surface area contributed by atoms with Gasteiger partial charge in [0.1, 0.15) is 5.69 Å². The van der Waals surface area contributed by atoms with Gasteiger partial charge in [-0.25, -0.2) is 0 Å². The summed E-state index contributed by atoms with van der Waals surface area (Å²) in [6.45, 7) is 1.34. The van der Waals surface area contributed by atoms with Crippen molar-refractivity contribution in [2.45, 2.75) is 17.6 Å². The number of nitrogens with one attached hydrogen (secondary N) is 1. The van der Waals surface area contributed by atoms with E-state index in [0.717, 1.165) is 18.7 Å². The Hall–Kier alpha value is -1.68. The van der Waals surface area contributed by atoms with Crippen LogP contribution < -0.4 is 5.32 Å². The predicted octanol–water partition coefficient (Wildman–Crippen LogP) is 0.694. The summed E-state index contributed by atoms with van der Waals surface area (Å²) in [5.41, 5.74) is -0.376. The molecular formula is C12H14N2O6S. The summed E-state index contributed by atoms with van der Waals surface area (Å²) in [4.78, 5) is 20.2. The summed E-state index contributed by atoms with van der Waals surface area (Å²) < 4.78 is 5.01. The fourth-order valence-electron chi connectivity index (χ4n) is 1.88. The molecule has 8 nitrogen and oxygen atoms in total. The number of nitro benzene ring substituents is 1. The number of para-hydroxylation sites is 2. The molecule has 2 atom stereocenters. The second-order valence-electron chi connectivity index (χ2n) is 4.55. The number of rotatable bonds is 3. The van der Waals surface area contributed by atoms with Crippen molar-refractivity contribution in [3.8, 4) is 0 Å². The van der Waals surface area contributed by atoms with Crippen LogP contribution in [0.5, 0.6) is 0 Å². The van der Waals surface area contributed by atoms with Crippen LogP contribution in [0.1, 0.15) is 6.92 Å². The van der Waals surface area contributed by atoms with Gasteiger partial charge < -0.3 is 20.3 Å². The number of ether oxygens (including phenoxy) is 1. The van der Waals surface area contributed by atoms with Gasteiger partial charge in [0.25, 0.3) is 11.6 Å². The molecule has 0 aromatic heterocycles. The lowest BCUT2D eigenvalue weighted by atomic mass is 10.1. The third-order valence-electron chi connectivity index (χ3n) is 3.06. The van der Waals surface area contributed by atoms with E-state index in [-0.39, 0.29) is 18.0 Å². The van der Waals surface area contributed by atoms with Crippen LogP contribution in [0.4, 0.5) is 11.4 Å². The minimum Gasteiger partial charge on any atom is -0.367 e. The van der Waals surface area contributed by atoms with Gasteiger partial charge in [-0.05, 0) is 13.0 Å². The predicted molar refractivity (Wildman–Crippen MR) is 75.7 cm³/mol. The second-order valence-corrected chi connectivity index (χ2v) is 5.84. The van der Waals surface area contributed by atoms with Crippen LogP contribution in [0, 0.1) is 10.1 Å². The highest BCUT2D eigenvalue weighted by molar-refractivity contribution is 8.01. The van der Waals surface area contributed by atoms with E-state index >= 15 is 0 Å². The summed E-state index contributed by atoms with van der Waals surface area (Å²) in [7, 11) is 0. The average Bonchev–Trinajstić information content (AvgIpc) is 2.42. The van der Waals surface area contributed by atoms with Crippen LogP contribution in [-0.2, 0) is 9.53 Å². The normalized spacial score (nSPS) is 28.9. The first-order valence-corrected chi connectivity index (χ1v) is 7.04. The van der Waals surface area contributed by atoms with Gasteiger partial charge >= 0.3 is 0 Å².